The zero-order chi connectivity index (χ0) is 10.6. The van der Waals surface area contributed by atoms with E-state index in [2.05, 4.69) is 10.6 Å². The van der Waals surface area contributed by atoms with E-state index in [1.165, 1.54) is 7.11 Å². The van der Waals surface area contributed by atoms with Crippen molar-refractivity contribution < 1.29 is 9.53 Å². The van der Waals surface area contributed by atoms with E-state index in [1.807, 2.05) is 0 Å². The molecule has 0 aliphatic heterocycles. The fourth-order valence-corrected chi connectivity index (χ4v) is 0.996. The molecule has 0 unspecified atom stereocenters. The monoisotopic (exact) mass is 195 g/mol. The van der Waals surface area contributed by atoms with Crippen LogP contribution in [0.4, 0.5) is 16.2 Å². The van der Waals surface area contributed by atoms with Gasteiger partial charge in [-0.15, -0.1) is 0 Å². The Morgan fingerprint density at radius 2 is 2.21 bits per heavy atom. The van der Waals surface area contributed by atoms with Crippen LogP contribution in [0.1, 0.15) is 0 Å². The Bertz CT molecular complexity index is 339. The average molecular weight is 195 g/mol. The minimum absolute atomic E-state index is 0.298. The van der Waals surface area contributed by atoms with Gasteiger partial charge in [-0.05, 0) is 12.1 Å². The number of methoxy groups -OCH3 is 1. The lowest BCUT2D eigenvalue weighted by molar-refractivity contribution is 0.254. The highest BCUT2D eigenvalue weighted by molar-refractivity contribution is 5.91. The molecule has 0 aliphatic carbocycles. The third-order valence-electron chi connectivity index (χ3n) is 1.70. The molecule has 0 saturated carbocycles. The number of benzene rings is 1. The Balaban J connectivity index is 2.90. The summed E-state index contributed by atoms with van der Waals surface area (Å²) in [6, 6.07) is 4.72. The van der Waals surface area contributed by atoms with Gasteiger partial charge >= 0.3 is 6.03 Å². The molecule has 0 saturated heterocycles. The Morgan fingerprint density at radius 3 is 2.79 bits per heavy atom. The molecule has 4 N–H and O–H groups in total. The highest BCUT2D eigenvalue weighted by Crippen LogP contribution is 2.26. The molecule has 1 aromatic carbocycles. The molecular formula is C9H13N3O2. The average Bonchev–Trinajstić information content (AvgIpc) is 2.20. The maximum Gasteiger partial charge on any atom is 0.319 e. The number of anilines is 2. The molecule has 0 heterocycles. The van der Waals surface area contributed by atoms with Gasteiger partial charge in [-0.2, -0.15) is 0 Å². The summed E-state index contributed by atoms with van der Waals surface area (Å²) in [6.45, 7) is 0. The zero-order valence-electron chi connectivity index (χ0n) is 8.13. The van der Waals surface area contributed by atoms with Crippen molar-refractivity contribution in [3.05, 3.63) is 18.2 Å². The summed E-state index contributed by atoms with van der Waals surface area (Å²) in [6.07, 6.45) is 0. The molecule has 0 aliphatic rings. The lowest BCUT2D eigenvalue weighted by Gasteiger charge is -2.09. The van der Waals surface area contributed by atoms with E-state index in [1.54, 1.807) is 25.2 Å². The van der Waals surface area contributed by atoms with Crippen molar-refractivity contribution in [3.8, 4) is 5.75 Å². The van der Waals surface area contributed by atoms with Gasteiger partial charge in [0.1, 0.15) is 5.75 Å². The molecular weight excluding hydrogens is 182 g/mol. The lowest BCUT2D eigenvalue weighted by atomic mass is 10.2. The molecule has 1 rings (SSSR count). The number of hydrogen-bond acceptors (Lipinski definition) is 3. The number of carbonyl (C=O) groups excluding carboxylic acids is 1. The fourth-order valence-electron chi connectivity index (χ4n) is 0.996. The van der Waals surface area contributed by atoms with Gasteiger partial charge in [0, 0.05) is 18.8 Å². The summed E-state index contributed by atoms with van der Waals surface area (Å²) >= 11 is 0. The first kappa shape index (κ1) is 10.2. The molecule has 0 spiro atoms. The van der Waals surface area contributed by atoms with Crippen LogP contribution in [0, 0.1) is 0 Å². The number of amides is 2. The van der Waals surface area contributed by atoms with Crippen LogP contribution in [-0.2, 0) is 0 Å². The van der Waals surface area contributed by atoms with Crippen LogP contribution in [0.2, 0.25) is 0 Å². The van der Waals surface area contributed by atoms with Crippen LogP contribution in [0.15, 0.2) is 18.2 Å². The van der Waals surface area contributed by atoms with E-state index >= 15 is 0 Å². The molecule has 0 radical (unpaired) electrons. The normalized spacial score (nSPS) is 9.29. The number of carbonyl (C=O) groups is 1. The number of hydrogen-bond donors (Lipinski definition) is 3. The Labute approximate surface area is 82.2 Å². The minimum Gasteiger partial charge on any atom is -0.494 e. The third kappa shape index (κ3) is 2.29. The molecule has 5 heteroatoms. The maximum absolute atomic E-state index is 11.0. The van der Waals surface area contributed by atoms with Gasteiger partial charge < -0.3 is 21.1 Å². The Kier molecular flexibility index (Phi) is 3.17. The highest BCUT2D eigenvalue weighted by atomic mass is 16.5. The van der Waals surface area contributed by atoms with Crippen molar-refractivity contribution >= 4 is 17.4 Å². The van der Waals surface area contributed by atoms with Gasteiger partial charge in [-0.1, -0.05) is 0 Å². The van der Waals surface area contributed by atoms with Gasteiger partial charge in [-0.3, -0.25) is 0 Å². The molecule has 14 heavy (non-hydrogen) atoms. The first-order valence-corrected chi connectivity index (χ1v) is 4.09. The number of nitrogens with one attached hydrogen (secondary N) is 2. The van der Waals surface area contributed by atoms with E-state index in [0.717, 1.165) is 0 Å². The summed E-state index contributed by atoms with van der Waals surface area (Å²) in [5.41, 5.74) is 6.73. The van der Waals surface area contributed by atoms with E-state index in [-0.39, 0.29) is 6.03 Å². The van der Waals surface area contributed by atoms with E-state index in [9.17, 15) is 4.79 Å². The summed E-state index contributed by atoms with van der Waals surface area (Å²) in [5.74, 6) is 0.536. The predicted molar refractivity (Wildman–Crippen MR) is 55.5 cm³/mol. The maximum atomic E-state index is 11.0. The fraction of sp³-hybridized carbons (Fsp3) is 0.222. The largest absolute Gasteiger partial charge is 0.494 e. The number of nitrogen functional groups attached to an aromatic ring is 1. The summed E-state index contributed by atoms with van der Waals surface area (Å²) in [4.78, 5) is 11.0. The Morgan fingerprint density at radius 1 is 1.50 bits per heavy atom. The van der Waals surface area contributed by atoms with Crippen molar-refractivity contribution in [3.63, 3.8) is 0 Å². The van der Waals surface area contributed by atoms with Crippen LogP contribution in [-0.4, -0.2) is 20.2 Å². The number of nitrogens with two attached hydrogens (primary N) is 1. The van der Waals surface area contributed by atoms with Gasteiger partial charge in [0.25, 0.3) is 0 Å². The Hall–Kier alpha value is -1.91. The van der Waals surface area contributed by atoms with Crippen LogP contribution in [0.5, 0.6) is 5.75 Å². The highest BCUT2D eigenvalue weighted by Gasteiger charge is 2.05. The van der Waals surface area contributed by atoms with Gasteiger partial charge in [0.05, 0.1) is 12.8 Å². The van der Waals surface area contributed by atoms with Crippen LogP contribution in [0.25, 0.3) is 0 Å². The lowest BCUT2D eigenvalue weighted by Crippen LogP contribution is -2.24. The number of urea groups is 1. The van der Waals surface area contributed by atoms with Crippen LogP contribution in [0.3, 0.4) is 0 Å². The van der Waals surface area contributed by atoms with Gasteiger partial charge in [0.15, 0.2) is 0 Å². The molecule has 2 amide bonds. The van der Waals surface area contributed by atoms with Crippen molar-refractivity contribution in [2.24, 2.45) is 0 Å². The van der Waals surface area contributed by atoms with Crippen molar-refractivity contribution in [2.45, 2.75) is 0 Å². The second kappa shape index (κ2) is 4.36. The zero-order valence-corrected chi connectivity index (χ0v) is 8.13. The van der Waals surface area contributed by atoms with Gasteiger partial charge in [-0.25, -0.2) is 4.79 Å². The van der Waals surface area contributed by atoms with Crippen molar-refractivity contribution in [1.29, 1.82) is 0 Å². The molecule has 1 aromatic rings. The molecule has 5 nitrogen and oxygen atoms in total. The summed E-state index contributed by atoms with van der Waals surface area (Å²) in [5, 5.41) is 5.05. The summed E-state index contributed by atoms with van der Waals surface area (Å²) < 4.78 is 5.05. The topological polar surface area (TPSA) is 76.4 Å². The van der Waals surface area contributed by atoms with E-state index < -0.39 is 0 Å². The third-order valence-corrected chi connectivity index (χ3v) is 1.70. The van der Waals surface area contributed by atoms with Crippen molar-refractivity contribution in [2.75, 3.05) is 25.2 Å². The summed E-state index contributed by atoms with van der Waals surface area (Å²) in [7, 11) is 3.06. The minimum atomic E-state index is -0.298. The van der Waals surface area contributed by atoms with Crippen LogP contribution < -0.4 is 21.1 Å². The molecule has 0 bridgehead atoms. The SMILES string of the molecule is CNC(=O)Nc1ccc(N)cc1OC. The predicted octanol–water partition coefficient (Wildman–Crippen LogP) is 1.03. The number of ether oxygens (including phenoxy) is 1. The first-order valence-electron chi connectivity index (χ1n) is 4.09. The standard InChI is InChI=1S/C9H13N3O2/c1-11-9(13)12-7-4-3-6(10)5-8(7)14-2/h3-5H,10H2,1-2H3,(H2,11,12,13). The first-order chi connectivity index (χ1) is 6.67. The molecule has 0 fully saturated rings. The second-order valence-electron chi connectivity index (χ2n) is 2.66. The number of rotatable bonds is 2. The molecule has 76 valence electrons. The molecule has 0 aromatic heterocycles. The molecule has 0 atom stereocenters. The smallest absolute Gasteiger partial charge is 0.319 e. The van der Waals surface area contributed by atoms with E-state index in [0.29, 0.717) is 17.1 Å². The van der Waals surface area contributed by atoms with Gasteiger partial charge in [0.2, 0.25) is 0 Å². The second-order valence-corrected chi connectivity index (χ2v) is 2.66. The quantitative estimate of drug-likeness (QED) is 0.617. The van der Waals surface area contributed by atoms with E-state index in [4.69, 9.17) is 10.5 Å². The van der Waals surface area contributed by atoms with Crippen molar-refractivity contribution in [1.82, 2.24) is 5.32 Å². The van der Waals surface area contributed by atoms with Crippen LogP contribution >= 0.6 is 0 Å².